The first-order valence-corrected chi connectivity index (χ1v) is 16.0. The van der Waals surface area contributed by atoms with E-state index in [1.165, 1.54) is 16.4 Å². The summed E-state index contributed by atoms with van der Waals surface area (Å²) >= 11 is 5.87. The van der Waals surface area contributed by atoms with E-state index >= 15 is 0 Å². The van der Waals surface area contributed by atoms with E-state index in [1.807, 2.05) is 13.8 Å². The zero-order valence-electron chi connectivity index (χ0n) is 23.5. The summed E-state index contributed by atoms with van der Waals surface area (Å²) in [5.41, 5.74) is -1.27. The number of amides is 1. The molecule has 0 saturated heterocycles. The van der Waals surface area contributed by atoms with Gasteiger partial charge in [-0.05, 0) is 75.8 Å². The van der Waals surface area contributed by atoms with Crippen molar-refractivity contribution in [1.82, 2.24) is 14.9 Å². The lowest BCUT2D eigenvalue weighted by atomic mass is 9.38. The predicted octanol–water partition coefficient (Wildman–Crippen LogP) is 5.44. The Bertz CT molecular complexity index is 1520. The number of carbonyl (C=O) groups excluding carboxylic acids is 1. The van der Waals surface area contributed by atoms with Crippen molar-refractivity contribution in [2.24, 2.45) is 10.4 Å². The van der Waals surface area contributed by atoms with Crippen LogP contribution in [0.1, 0.15) is 64.4 Å². The van der Waals surface area contributed by atoms with Gasteiger partial charge in [-0.1, -0.05) is 35.9 Å². The molecule has 0 unspecified atom stereocenters. The molecule has 7 rings (SSSR count). The molecule has 12 heteroatoms. The Morgan fingerprint density at radius 2 is 1.74 bits per heavy atom. The van der Waals surface area contributed by atoms with Crippen molar-refractivity contribution in [1.29, 1.82) is 0 Å². The van der Waals surface area contributed by atoms with Crippen LogP contribution in [0.4, 0.5) is 13.2 Å². The molecule has 4 saturated carbocycles. The van der Waals surface area contributed by atoms with Crippen molar-refractivity contribution in [3.63, 3.8) is 0 Å². The van der Waals surface area contributed by atoms with Crippen LogP contribution in [0.2, 0.25) is 5.02 Å². The van der Waals surface area contributed by atoms with Crippen LogP contribution in [-0.2, 0) is 21.4 Å². The smallest absolute Gasteiger partial charge is 0.248 e. The van der Waals surface area contributed by atoms with Gasteiger partial charge in [-0.25, -0.2) is 21.6 Å². The second kappa shape index (κ2) is 9.95. The molecule has 4 aliphatic carbocycles. The third-order valence-electron chi connectivity index (χ3n) is 9.37. The minimum Gasteiger partial charge on any atom is -0.366 e. The molecule has 0 radical (unpaired) electrons. The Kier molecular flexibility index (Phi) is 6.98. The largest absolute Gasteiger partial charge is 0.366 e. The molecule has 5 aliphatic rings. The quantitative estimate of drug-likeness (QED) is 0.411. The normalized spacial score (nSPS) is 29.7. The minimum atomic E-state index is -3.92. The van der Waals surface area contributed by atoms with E-state index in [1.54, 1.807) is 36.4 Å². The summed E-state index contributed by atoms with van der Waals surface area (Å²) in [5, 5.41) is 6.31. The second-order valence-electron chi connectivity index (χ2n) is 13.0. The second-order valence-corrected chi connectivity index (χ2v) is 15.2. The number of sulfonamides is 1. The maximum atomic E-state index is 14.3. The Labute approximate surface area is 249 Å². The van der Waals surface area contributed by atoms with Crippen LogP contribution in [0.15, 0.2) is 58.4 Å². The van der Waals surface area contributed by atoms with E-state index in [0.717, 1.165) is 0 Å². The molecule has 2 bridgehead atoms. The fourth-order valence-electron chi connectivity index (χ4n) is 7.10. The molecule has 226 valence electrons. The van der Waals surface area contributed by atoms with Gasteiger partial charge in [-0.15, -0.1) is 0 Å². The van der Waals surface area contributed by atoms with Gasteiger partial charge in [0.1, 0.15) is 11.7 Å². The highest BCUT2D eigenvalue weighted by Gasteiger charge is 2.75. The van der Waals surface area contributed by atoms with E-state index < -0.39 is 44.3 Å². The minimum absolute atomic E-state index is 0.0156. The molecule has 1 heterocycles. The van der Waals surface area contributed by atoms with E-state index in [4.69, 9.17) is 16.6 Å². The summed E-state index contributed by atoms with van der Waals surface area (Å²) < 4.78 is 70.7. The van der Waals surface area contributed by atoms with Crippen LogP contribution in [0.5, 0.6) is 0 Å². The topological polar surface area (TPSA) is 90.9 Å². The summed E-state index contributed by atoms with van der Waals surface area (Å²) in [6, 6.07) is 11.4. The molecule has 42 heavy (non-hydrogen) atoms. The molecular weight excluding hydrogens is 589 g/mol. The number of hydrogen-bond donors (Lipinski definition) is 2. The number of amidine groups is 1. The first-order valence-electron chi connectivity index (χ1n) is 14.2. The summed E-state index contributed by atoms with van der Waals surface area (Å²) in [7, 11) is -3.92. The van der Waals surface area contributed by atoms with Crippen molar-refractivity contribution in [2.75, 3.05) is 0 Å². The van der Waals surface area contributed by atoms with Gasteiger partial charge in [0.2, 0.25) is 21.9 Å². The number of nitrogens with one attached hydrogen (secondary N) is 2. The van der Waals surface area contributed by atoms with Gasteiger partial charge < -0.3 is 10.6 Å². The molecular formula is C30H34ClF3N4O3S. The third kappa shape index (κ3) is 5.01. The van der Waals surface area contributed by atoms with Crippen molar-refractivity contribution in [2.45, 2.75) is 99.3 Å². The number of carbonyl (C=O) groups is 1. The van der Waals surface area contributed by atoms with Crippen LogP contribution < -0.4 is 10.6 Å². The van der Waals surface area contributed by atoms with Crippen molar-refractivity contribution in [3.8, 4) is 0 Å². The maximum Gasteiger partial charge on any atom is 0.248 e. The Hall–Kier alpha value is -2.63. The number of alkyl halides is 2. The average molecular weight is 623 g/mol. The fourth-order valence-corrected chi connectivity index (χ4v) is 8.99. The molecule has 4 fully saturated rings. The van der Waals surface area contributed by atoms with Crippen molar-refractivity contribution in [3.05, 3.63) is 64.9 Å². The van der Waals surface area contributed by atoms with E-state index in [2.05, 4.69) is 10.6 Å². The summed E-state index contributed by atoms with van der Waals surface area (Å²) in [4.78, 5) is 18.2. The zero-order chi connectivity index (χ0) is 30.1. The van der Waals surface area contributed by atoms with Crippen LogP contribution >= 0.6 is 11.6 Å². The highest BCUT2D eigenvalue weighted by Crippen LogP contribution is 2.71. The Morgan fingerprint density at radius 3 is 2.36 bits per heavy atom. The lowest BCUT2D eigenvalue weighted by Gasteiger charge is -2.73. The summed E-state index contributed by atoms with van der Waals surface area (Å²) in [6.07, 6.45) is 1.50. The first-order chi connectivity index (χ1) is 19.6. The SMILES string of the molecule is CC1(C)NC(C23CC(N(Cc4ccc(Cl)c(F)c4)S(=O)(=O)c4ccccc4)(C2)C3)=N[C@H]1C(=O)NC1CCC(F)(F)CC1. The summed E-state index contributed by atoms with van der Waals surface area (Å²) in [5.74, 6) is -2.90. The lowest BCUT2D eigenvalue weighted by Crippen LogP contribution is -2.78. The van der Waals surface area contributed by atoms with Crippen molar-refractivity contribution >= 4 is 33.4 Å². The molecule has 2 aromatic rings. The standard InChI is InChI=1S/C30H34ClF3N4O3S/c1-27(2)24(25(39)35-20-10-12-30(33,34)13-11-20)36-26(37-27)28-16-29(17-28,18-28)38(15-19-8-9-22(31)23(32)14-19)42(40,41)21-6-4-3-5-7-21/h3-9,14,20,24H,10-13,15-18H2,1-2H3,(H,35,39)(H,36,37)/t24-,28?,29?/m0/s1. The van der Waals surface area contributed by atoms with Gasteiger partial charge in [0.15, 0.2) is 6.04 Å². The van der Waals surface area contributed by atoms with Gasteiger partial charge >= 0.3 is 0 Å². The van der Waals surface area contributed by atoms with Gasteiger partial charge in [0.05, 0.1) is 15.5 Å². The van der Waals surface area contributed by atoms with E-state index in [0.29, 0.717) is 30.7 Å². The number of hydrogen-bond acceptors (Lipinski definition) is 5. The number of halogens is 4. The first kappa shape index (κ1) is 29.4. The van der Waals surface area contributed by atoms with Crippen molar-refractivity contribution < 1.29 is 26.4 Å². The molecule has 2 aromatic carbocycles. The molecule has 2 N–H and O–H groups in total. The number of aliphatic imine (C=N–C) groups is 1. The monoisotopic (exact) mass is 622 g/mol. The molecule has 7 nitrogen and oxygen atoms in total. The molecule has 0 aromatic heterocycles. The highest BCUT2D eigenvalue weighted by atomic mass is 35.5. The number of rotatable bonds is 8. The van der Waals surface area contributed by atoms with Crippen LogP contribution in [-0.4, -0.2) is 53.5 Å². The number of benzene rings is 2. The highest BCUT2D eigenvalue weighted by molar-refractivity contribution is 7.89. The van der Waals surface area contributed by atoms with Gasteiger partial charge in [-0.3, -0.25) is 9.79 Å². The fraction of sp³-hybridized carbons (Fsp3) is 0.533. The molecule has 1 aliphatic heterocycles. The average Bonchev–Trinajstić information content (AvgIpc) is 3.20. The van der Waals surface area contributed by atoms with Crippen LogP contribution in [0.3, 0.4) is 0 Å². The molecule has 0 spiro atoms. The maximum absolute atomic E-state index is 14.3. The van der Waals surface area contributed by atoms with E-state index in [9.17, 15) is 26.4 Å². The van der Waals surface area contributed by atoms with Gasteiger partial charge in [0.25, 0.3) is 0 Å². The van der Waals surface area contributed by atoms with Gasteiger partial charge in [0, 0.05) is 36.4 Å². The predicted molar refractivity (Wildman–Crippen MR) is 153 cm³/mol. The zero-order valence-corrected chi connectivity index (χ0v) is 25.0. The van der Waals surface area contributed by atoms with Crippen LogP contribution in [0.25, 0.3) is 0 Å². The third-order valence-corrected chi connectivity index (χ3v) is 11.6. The van der Waals surface area contributed by atoms with Crippen LogP contribution in [0, 0.1) is 11.2 Å². The molecule has 1 amide bonds. The Balaban J connectivity index is 1.21. The van der Waals surface area contributed by atoms with E-state index in [-0.39, 0.29) is 54.1 Å². The lowest BCUT2D eigenvalue weighted by molar-refractivity contribution is -0.151. The summed E-state index contributed by atoms with van der Waals surface area (Å²) in [6.45, 7) is 3.74. The Morgan fingerprint density at radius 1 is 1.10 bits per heavy atom. The van der Waals surface area contributed by atoms with Gasteiger partial charge in [-0.2, -0.15) is 4.31 Å². The molecule has 1 atom stereocenters. The number of nitrogens with zero attached hydrogens (tertiary/aromatic N) is 2.